The number of ether oxygens (including phenoxy) is 1. The van der Waals surface area contributed by atoms with E-state index in [0.29, 0.717) is 24.3 Å². The first-order valence-electron chi connectivity index (χ1n) is 8.35. The maximum atomic E-state index is 9.05. The average molecular weight is 345 g/mol. The van der Waals surface area contributed by atoms with Gasteiger partial charge in [0.2, 0.25) is 0 Å². The first-order valence-corrected chi connectivity index (χ1v) is 8.35. The minimum Gasteiger partial charge on any atom is -0.372 e. The molecule has 1 aliphatic heterocycles. The largest absolute Gasteiger partial charge is 0.372 e. The van der Waals surface area contributed by atoms with Crippen molar-refractivity contribution >= 4 is 0 Å². The summed E-state index contributed by atoms with van der Waals surface area (Å²) in [5, 5.41) is 18.1. The highest BCUT2D eigenvalue weighted by molar-refractivity contribution is 5.42. The Morgan fingerprint density at radius 2 is 1.81 bits per heavy atom. The van der Waals surface area contributed by atoms with E-state index < -0.39 is 0 Å². The van der Waals surface area contributed by atoms with Gasteiger partial charge >= 0.3 is 0 Å². The highest BCUT2D eigenvalue weighted by Crippen LogP contribution is 2.22. The minimum absolute atomic E-state index is 0.153. The van der Waals surface area contributed by atoms with Crippen LogP contribution in [0, 0.1) is 22.7 Å². The lowest BCUT2D eigenvalue weighted by Gasteiger charge is -2.28. The Hall–Kier alpha value is -3.06. The summed E-state index contributed by atoms with van der Waals surface area (Å²) < 4.78 is 5.84. The van der Waals surface area contributed by atoms with Crippen molar-refractivity contribution in [3.63, 3.8) is 0 Å². The molecule has 0 fully saturated rings. The third kappa shape index (κ3) is 4.52. The van der Waals surface area contributed by atoms with E-state index in [1.54, 1.807) is 30.6 Å². The number of nitrogens with zero attached hydrogens (tertiary/aromatic N) is 5. The van der Waals surface area contributed by atoms with Crippen LogP contribution in [0.3, 0.4) is 0 Å². The zero-order chi connectivity index (χ0) is 18.4. The van der Waals surface area contributed by atoms with Gasteiger partial charge in [-0.05, 0) is 42.4 Å². The molecule has 0 aliphatic carbocycles. The van der Waals surface area contributed by atoms with Gasteiger partial charge in [-0.3, -0.25) is 0 Å². The quantitative estimate of drug-likeness (QED) is 0.774. The van der Waals surface area contributed by atoms with E-state index in [-0.39, 0.29) is 5.92 Å². The van der Waals surface area contributed by atoms with Crippen LogP contribution in [-0.4, -0.2) is 41.6 Å². The van der Waals surface area contributed by atoms with Crippen LogP contribution in [0.4, 0.5) is 0 Å². The van der Waals surface area contributed by atoms with Crippen molar-refractivity contribution < 1.29 is 4.74 Å². The molecule has 3 rings (SSSR count). The summed E-state index contributed by atoms with van der Waals surface area (Å²) in [7, 11) is 2.07. The van der Waals surface area contributed by atoms with Crippen LogP contribution in [-0.2, 0) is 11.3 Å². The Morgan fingerprint density at radius 1 is 1.12 bits per heavy atom. The Balaban J connectivity index is 1.65. The van der Waals surface area contributed by atoms with E-state index in [9.17, 15) is 0 Å². The van der Waals surface area contributed by atoms with Crippen LogP contribution in [0.25, 0.3) is 0 Å². The lowest BCUT2D eigenvalue weighted by atomic mass is 9.99. The van der Waals surface area contributed by atoms with Crippen molar-refractivity contribution in [2.75, 3.05) is 26.7 Å². The smallest absolute Gasteiger partial charge is 0.136 e. The van der Waals surface area contributed by atoms with Crippen LogP contribution in [0.1, 0.15) is 28.4 Å². The van der Waals surface area contributed by atoms with Gasteiger partial charge < -0.3 is 9.64 Å². The van der Waals surface area contributed by atoms with Gasteiger partial charge in [-0.15, -0.1) is 0 Å². The molecule has 2 aromatic rings. The summed E-state index contributed by atoms with van der Waals surface area (Å²) >= 11 is 0. The average Bonchev–Trinajstić information content (AvgIpc) is 2.68. The molecule has 0 bridgehead atoms. The number of nitriles is 2. The van der Waals surface area contributed by atoms with Crippen molar-refractivity contribution in [2.24, 2.45) is 0 Å². The van der Waals surface area contributed by atoms with Gasteiger partial charge in [0.25, 0.3) is 0 Å². The molecule has 0 saturated carbocycles. The monoisotopic (exact) mass is 345 g/mol. The summed E-state index contributed by atoms with van der Waals surface area (Å²) in [5.41, 5.74) is 2.95. The molecule has 1 aromatic carbocycles. The van der Waals surface area contributed by atoms with Crippen LogP contribution in [0.2, 0.25) is 0 Å². The van der Waals surface area contributed by atoms with E-state index in [4.69, 9.17) is 15.3 Å². The van der Waals surface area contributed by atoms with E-state index in [0.717, 1.165) is 24.5 Å². The molecular weight excluding hydrogens is 326 g/mol. The molecule has 26 heavy (non-hydrogen) atoms. The van der Waals surface area contributed by atoms with E-state index in [2.05, 4.69) is 40.1 Å². The van der Waals surface area contributed by atoms with Gasteiger partial charge in [0.1, 0.15) is 5.82 Å². The molecule has 1 atom stereocenters. The van der Waals surface area contributed by atoms with Crippen molar-refractivity contribution in [1.29, 1.82) is 10.5 Å². The lowest BCUT2D eigenvalue weighted by Crippen LogP contribution is -2.32. The molecule has 6 nitrogen and oxygen atoms in total. The summed E-state index contributed by atoms with van der Waals surface area (Å²) in [4.78, 5) is 10.9. The summed E-state index contributed by atoms with van der Waals surface area (Å²) in [6.45, 7) is 2.57. The standard InChI is InChI=1S/C20H19N5O/c1-25-11-18(8-19(12-25)20-23-3-2-4-24-20)14-26-13-17-6-15(9-21)5-16(7-17)10-22/h2-8,19H,11-14H2,1H3. The zero-order valence-electron chi connectivity index (χ0n) is 14.6. The maximum absolute atomic E-state index is 9.05. The molecule has 1 aromatic heterocycles. The van der Waals surface area contributed by atoms with Gasteiger partial charge in [0, 0.05) is 25.5 Å². The van der Waals surface area contributed by atoms with Crippen molar-refractivity contribution in [3.05, 3.63) is 70.8 Å². The van der Waals surface area contributed by atoms with Crippen LogP contribution in [0.5, 0.6) is 0 Å². The number of likely N-dealkylation sites (N-methyl/N-ethyl adjacent to an activating group) is 1. The fraction of sp³-hybridized carbons (Fsp3) is 0.300. The topological polar surface area (TPSA) is 85.8 Å². The first kappa shape index (κ1) is 17.8. The third-order valence-electron chi connectivity index (χ3n) is 4.14. The predicted molar refractivity (Wildman–Crippen MR) is 95.9 cm³/mol. The predicted octanol–water partition coefficient (Wildman–Crippen LogP) is 2.39. The summed E-state index contributed by atoms with van der Waals surface area (Å²) in [6.07, 6.45) is 5.70. The Bertz CT molecular complexity index is 847. The Labute approximate surface area is 153 Å². The molecular formula is C20H19N5O. The molecule has 1 unspecified atom stereocenters. The fourth-order valence-corrected chi connectivity index (χ4v) is 3.09. The number of benzene rings is 1. The number of hydrogen-bond acceptors (Lipinski definition) is 6. The van der Waals surface area contributed by atoms with Crippen LogP contribution in [0.15, 0.2) is 48.3 Å². The van der Waals surface area contributed by atoms with Crippen molar-refractivity contribution in [1.82, 2.24) is 14.9 Å². The van der Waals surface area contributed by atoms with Gasteiger partial charge in [-0.2, -0.15) is 10.5 Å². The highest BCUT2D eigenvalue weighted by Gasteiger charge is 2.21. The molecule has 130 valence electrons. The molecule has 1 aliphatic rings. The van der Waals surface area contributed by atoms with E-state index in [1.807, 2.05) is 6.07 Å². The minimum atomic E-state index is 0.153. The van der Waals surface area contributed by atoms with Crippen LogP contribution < -0.4 is 0 Å². The summed E-state index contributed by atoms with van der Waals surface area (Å²) in [6, 6.07) is 11.0. The zero-order valence-corrected chi connectivity index (χ0v) is 14.6. The van der Waals surface area contributed by atoms with Crippen LogP contribution >= 0.6 is 0 Å². The lowest BCUT2D eigenvalue weighted by molar-refractivity contribution is 0.134. The third-order valence-corrected chi connectivity index (χ3v) is 4.14. The van der Waals surface area contributed by atoms with Crippen molar-refractivity contribution in [3.8, 4) is 12.1 Å². The van der Waals surface area contributed by atoms with Gasteiger partial charge in [-0.1, -0.05) is 6.08 Å². The Morgan fingerprint density at radius 3 is 2.46 bits per heavy atom. The number of hydrogen-bond donors (Lipinski definition) is 0. The highest BCUT2D eigenvalue weighted by atomic mass is 16.5. The number of rotatable bonds is 5. The summed E-state index contributed by atoms with van der Waals surface area (Å²) in [5.74, 6) is 0.970. The normalized spacial score (nSPS) is 17.2. The Kier molecular flexibility index (Phi) is 5.70. The molecule has 0 radical (unpaired) electrons. The molecule has 0 amide bonds. The molecule has 2 heterocycles. The number of aromatic nitrogens is 2. The fourth-order valence-electron chi connectivity index (χ4n) is 3.09. The second kappa shape index (κ2) is 8.35. The second-order valence-corrected chi connectivity index (χ2v) is 6.37. The molecule has 0 N–H and O–H groups in total. The van der Waals surface area contributed by atoms with E-state index >= 15 is 0 Å². The maximum Gasteiger partial charge on any atom is 0.136 e. The second-order valence-electron chi connectivity index (χ2n) is 6.37. The first-order chi connectivity index (χ1) is 12.7. The van der Waals surface area contributed by atoms with Gasteiger partial charge in [0.15, 0.2) is 0 Å². The molecule has 6 heteroatoms. The molecule has 0 spiro atoms. The van der Waals surface area contributed by atoms with Gasteiger partial charge in [-0.25, -0.2) is 9.97 Å². The van der Waals surface area contributed by atoms with Gasteiger partial charge in [0.05, 0.1) is 42.4 Å². The molecule has 0 saturated heterocycles. The van der Waals surface area contributed by atoms with Crippen molar-refractivity contribution in [2.45, 2.75) is 12.5 Å². The van der Waals surface area contributed by atoms with E-state index in [1.165, 1.54) is 5.57 Å². The SMILES string of the molecule is CN1CC(COCc2cc(C#N)cc(C#N)c2)=CC(c2ncccn2)C1.